The van der Waals surface area contributed by atoms with E-state index < -0.39 is 0 Å². The van der Waals surface area contributed by atoms with Gasteiger partial charge in [-0.25, -0.2) is 0 Å². The molecule has 1 aliphatic carbocycles. The topological polar surface area (TPSA) is 61.4 Å². The Hall–Kier alpha value is -1.10. The highest BCUT2D eigenvalue weighted by atomic mass is 16.2. The summed E-state index contributed by atoms with van der Waals surface area (Å²) in [6.45, 7) is 4.13. The van der Waals surface area contributed by atoms with Crippen LogP contribution in [0.4, 0.5) is 0 Å². The molecule has 5 heteroatoms. The first-order valence-corrected chi connectivity index (χ1v) is 5.93. The van der Waals surface area contributed by atoms with E-state index in [-0.39, 0.29) is 17.9 Å². The Balaban J connectivity index is 1.71. The van der Waals surface area contributed by atoms with E-state index in [2.05, 4.69) is 17.6 Å². The van der Waals surface area contributed by atoms with Crippen LogP contribution in [0.5, 0.6) is 0 Å². The van der Waals surface area contributed by atoms with Gasteiger partial charge in [-0.3, -0.25) is 14.5 Å². The molecule has 0 radical (unpaired) electrons. The lowest BCUT2D eigenvalue weighted by atomic mass is 10.2. The van der Waals surface area contributed by atoms with Gasteiger partial charge in [0.05, 0.1) is 13.1 Å². The van der Waals surface area contributed by atoms with Crippen LogP contribution in [0.1, 0.15) is 19.8 Å². The molecular weight excluding hydrogens is 206 g/mol. The van der Waals surface area contributed by atoms with E-state index in [9.17, 15) is 9.59 Å². The molecule has 1 saturated carbocycles. The molecule has 0 aromatic carbocycles. The van der Waals surface area contributed by atoms with Crippen LogP contribution in [0.15, 0.2) is 0 Å². The summed E-state index contributed by atoms with van der Waals surface area (Å²) in [5.74, 6) is 0.719. The van der Waals surface area contributed by atoms with Crippen molar-refractivity contribution in [3.63, 3.8) is 0 Å². The maximum Gasteiger partial charge on any atom is 0.234 e. The summed E-state index contributed by atoms with van der Waals surface area (Å²) in [5, 5.41) is 5.73. The monoisotopic (exact) mass is 225 g/mol. The van der Waals surface area contributed by atoms with Crippen molar-refractivity contribution < 1.29 is 9.59 Å². The third-order valence-electron chi connectivity index (χ3n) is 3.20. The highest BCUT2D eigenvalue weighted by Gasteiger charge is 2.29. The first kappa shape index (κ1) is 11.4. The summed E-state index contributed by atoms with van der Waals surface area (Å²) in [7, 11) is 0. The van der Waals surface area contributed by atoms with Crippen molar-refractivity contribution in [2.24, 2.45) is 5.92 Å². The molecular formula is C11H19N3O2. The van der Waals surface area contributed by atoms with Gasteiger partial charge in [0.1, 0.15) is 0 Å². The zero-order valence-electron chi connectivity index (χ0n) is 9.66. The van der Waals surface area contributed by atoms with Crippen LogP contribution >= 0.6 is 0 Å². The highest BCUT2D eigenvalue weighted by molar-refractivity contribution is 5.81. The minimum atomic E-state index is 0.00860. The molecule has 5 nitrogen and oxygen atoms in total. The van der Waals surface area contributed by atoms with Crippen molar-refractivity contribution in [2.45, 2.75) is 25.8 Å². The van der Waals surface area contributed by atoms with Gasteiger partial charge >= 0.3 is 0 Å². The number of piperazine rings is 1. The zero-order chi connectivity index (χ0) is 11.5. The Kier molecular flexibility index (Phi) is 3.43. The Morgan fingerprint density at radius 3 is 3.00 bits per heavy atom. The van der Waals surface area contributed by atoms with Crippen LogP contribution in [-0.2, 0) is 9.59 Å². The van der Waals surface area contributed by atoms with Gasteiger partial charge in [-0.05, 0) is 25.7 Å². The van der Waals surface area contributed by atoms with Gasteiger partial charge in [-0.1, -0.05) is 0 Å². The molecule has 16 heavy (non-hydrogen) atoms. The molecule has 1 atom stereocenters. The largest absolute Gasteiger partial charge is 0.354 e. The highest BCUT2D eigenvalue weighted by Crippen LogP contribution is 2.32. The summed E-state index contributed by atoms with van der Waals surface area (Å²) in [6.07, 6.45) is 2.46. The van der Waals surface area contributed by atoms with E-state index in [0.717, 1.165) is 6.54 Å². The molecule has 90 valence electrons. The van der Waals surface area contributed by atoms with E-state index in [4.69, 9.17) is 0 Å². The molecule has 2 amide bonds. The van der Waals surface area contributed by atoms with Gasteiger partial charge < -0.3 is 10.6 Å². The maximum atomic E-state index is 11.7. The second kappa shape index (κ2) is 4.82. The van der Waals surface area contributed by atoms with E-state index in [1.165, 1.54) is 12.8 Å². The third kappa shape index (κ3) is 3.20. The minimum absolute atomic E-state index is 0.00860. The summed E-state index contributed by atoms with van der Waals surface area (Å²) in [6, 6.07) is 0.283. The molecule has 0 spiro atoms. The fourth-order valence-electron chi connectivity index (χ4n) is 2.04. The van der Waals surface area contributed by atoms with Gasteiger partial charge in [-0.2, -0.15) is 0 Å². The van der Waals surface area contributed by atoms with Crippen LogP contribution in [0, 0.1) is 5.92 Å². The van der Waals surface area contributed by atoms with Gasteiger partial charge in [0.2, 0.25) is 11.8 Å². The molecule has 0 bridgehead atoms. The van der Waals surface area contributed by atoms with Crippen molar-refractivity contribution >= 4 is 11.8 Å². The lowest BCUT2D eigenvalue weighted by molar-refractivity contribution is -0.127. The molecule has 1 saturated heterocycles. The van der Waals surface area contributed by atoms with Crippen molar-refractivity contribution in [1.29, 1.82) is 0 Å². The number of hydrogen-bond donors (Lipinski definition) is 2. The molecule has 1 heterocycles. The third-order valence-corrected chi connectivity index (χ3v) is 3.20. The zero-order valence-corrected chi connectivity index (χ0v) is 9.66. The average Bonchev–Trinajstić information content (AvgIpc) is 2.99. The lowest BCUT2D eigenvalue weighted by Gasteiger charge is -2.26. The van der Waals surface area contributed by atoms with E-state index in [0.29, 0.717) is 25.6 Å². The van der Waals surface area contributed by atoms with Crippen LogP contribution in [0.3, 0.4) is 0 Å². The Bertz CT molecular complexity index is 289. The van der Waals surface area contributed by atoms with Gasteiger partial charge in [-0.15, -0.1) is 0 Å². The maximum absolute atomic E-state index is 11.7. The van der Waals surface area contributed by atoms with E-state index >= 15 is 0 Å². The SMILES string of the molecule is CC(NC(=O)CN1CCNC(=O)C1)C1CC1. The summed E-state index contributed by atoms with van der Waals surface area (Å²) >= 11 is 0. The van der Waals surface area contributed by atoms with Gasteiger partial charge in [0.25, 0.3) is 0 Å². The van der Waals surface area contributed by atoms with Crippen molar-refractivity contribution in [3.05, 3.63) is 0 Å². The van der Waals surface area contributed by atoms with Crippen molar-refractivity contribution in [1.82, 2.24) is 15.5 Å². The average molecular weight is 225 g/mol. The van der Waals surface area contributed by atoms with Gasteiger partial charge in [0, 0.05) is 19.1 Å². The van der Waals surface area contributed by atoms with Crippen LogP contribution < -0.4 is 10.6 Å². The summed E-state index contributed by atoms with van der Waals surface area (Å²) in [5.41, 5.74) is 0. The Morgan fingerprint density at radius 1 is 1.62 bits per heavy atom. The molecule has 0 aromatic heterocycles. The minimum Gasteiger partial charge on any atom is -0.354 e. The fraction of sp³-hybridized carbons (Fsp3) is 0.818. The predicted octanol–water partition coefficient (Wildman–Crippen LogP) is -0.667. The quantitative estimate of drug-likeness (QED) is 0.667. The van der Waals surface area contributed by atoms with Crippen LogP contribution in [0.25, 0.3) is 0 Å². The first-order valence-electron chi connectivity index (χ1n) is 5.93. The number of amides is 2. The smallest absolute Gasteiger partial charge is 0.234 e. The van der Waals surface area contributed by atoms with Crippen molar-refractivity contribution in [3.8, 4) is 0 Å². The second-order valence-electron chi connectivity index (χ2n) is 4.75. The summed E-state index contributed by atoms with van der Waals surface area (Å²) in [4.78, 5) is 24.7. The Morgan fingerprint density at radius 2 is 2.38 bits per heavy atom. The molecule has 2 aliphatic rings. The van der Waals surface area contributed by atoms with Crippen LogP contribution in [-0.4, -0.2) is 48.9 Å². The van der Waals surface area contributed by atoms with E-state index in [1.54, 1.807) is 0 Å². The lowest BCUT2D eigenvalue weighted by Crippen LogP contribution is -2.51. The fourth-order valence-corrected chi connectivity index (χ4v) is 2.04. The number of nitrogens with one attached hydrogen (secondary N) is 2. The van der Waals surface area contributed by atoms with Crippen LogP contribution in [0.2, 0.25) is 0 Å². The number of hydrogen-bond acceptors (Lipinski definition) is 3. The molecule has 2 rings (SSSR count). The number of rotatable bonds is 4. The van der Waals surface area contributed by atoms with E-state index in [1.807, 2.05) is 4.90 Å². The molecule has 0 aromatic rings. The molecule has 1 unspecified atom stereocenters. The summed E-state index contributed by atoms with van der Waals surface area (Å²) < 4.78 is 0. The first-order chi connectivity index (χ1) is 7.65. The number of carbonyl (C=O) groups excluding carboxylic acids is 2. The molecule has 2 fully saturated rings. The molecule has 1 aliphatic heterocycles. The normalized spacial score (nSPS) is 23.7. The number of nitrogens with zero attached hydrogens (tertiary/aromatic N) is 1. The standard InChI is InChI=1S/C11H19N3O2/c1-8(9-2-3-9)13-11(16)7-14-5-4-12-10(15)6-14/h8-9H,2-7H2,1H3,(H,12,15)(H,13,16). The Labute approximate surface area is 95.6 Å². The number of carbonyl (C=O) groups is 2. The van der Waals surface area contributed by atoms with Crippen molar-refractivity contribution in [2.75, 3.05) is 26.2 Å². The molecule has 2 N–H and O–H groups in total. The second-order valence-corrected chi connectivity index (χ2v) is 4.75. The predicted molar refractivity (Wildman–Crippen MR) is 59.8 cm³/mol. The van der Waals surface area contributed by atoms with Gasteiger partial charge in [0.15, 0.2) is 0 Å².